The molecule has 1 fully saturated rings. The van der Waals surface area contributed by atoms with Crippen LogP contribution >= 0.6 is 0 Å². The highest BCUT2D eigenvalue weighted by molar-refractivity contribution is 5.89. The van der Waals surface area contributed by atoms with Gasteiger partial charge in [-0.3, -0.25) is 0 Å². The van der Waals surface area contributed by atoms with Gasteiger partial charge in [0, 0.05) is 0 Å². The van der Waals surface area contributed by atoms with Crippen molar-refractivity contribution in [3.05, 3.63) is 35.4 Å². The lowest BCUT2D eigenvalue weighted by molar-refractivity contribution is 0.0695. The molecule has 0 aliphatic heterocycles. The maximum Gasteiger partial charge on any atom is 0.335 e. The Hall–Kier alpha value is -1.31. The molecule has 1 aromatic carbocycles. The average molecular weight is 190 g/mol. The number of carbonyl (C=O) groups is 1. The third kappa shape index (κ3) is 1.65. The molecule has 0 radical (unpaired) electrons. The van der Waals surface area contributed by atoms with Crippen molar-refractivity contribution in [3.8, 4) is 0 Å². The van der Waals surface area contributed by atoms with Gasteiger partial charge in [-0.1, -0.05) is 25.1 Å². The second-order valence-corrected chi connectivity index (χ2v) is 4.02. The van der Waals surface area contributed by atoms with E-state index in [9.17, 15) is 4.79 Å². The van der Waals surface area contributed by atoms with Gasteiger partial charge in [0.05, 0.1) is 5.56 Å². The van der Waals surface area contributed by atoms with Crippen molar-refractivity contribution >= 4 is 5.97 Å². The molecule has 1 aliphatic carbocycles. The number of carboxylic acids is 1. The van der Waals surface area contributed by atoms with Crippen LogP contribution in [0.2, 0.25) is 0 Å². The fraction of sp³-hybridized carbons (Fsp3) is 0.417. The van der Waals surface area contributed by atoms with Crippen LogP contribution in [0.25, 0.3) is 0 Å². The number of aromatic carboxylic acids is 1. The largest absolute Gasteiger partial charge is 0.478 e. The SMILES string of the molecule is CC(c1ccccc1C(=O)O)C1CC1. The summed E-state index contributed by atoms with van der Waals surface area (Å²) in [6.07, 6.45) is 2.49. The normalized spacial score (nSPS) is 17.8. The van der Waals surface area contributed by atoms with Gasteiger partial charge >= 0.3 is 5.97 Å². The zero-order valence-corrected chi connectivity index (χ0v) is 8.23. The fourth-order valence-electron chi connectivity index (χ4n) is 1.94. The van der Waals surface area contributed by atoms with E-state index >= 15 is 0 Å². The Morgan fingerprint density at radius 1 is 1.43 bits per heavy atom. The molecule has 0 bridgehead atoms. The molecule has 0 aromatic heterocycles. The molecule has 1 aliphatic rings. The summed E-state index contributed by atoms with van der Waals surface area (Å²) in [5.74, 6) is 0.283. The van der Waals surface area contributed by atoms with Crippen LogP contribution in [-0.4, -0.2) is 11.1 Å². The summed E-state index contributed by atoms with van der Waals surface area (Å²) in [5, 5.41) is 9.02. The average Bonchev–Trinajstić information content (AvgIpc) is 3.00. The molecule has 1 N–H and O–H groups in total. The Kier molecular flexibility index (Phi) is 2.28. The molecule has 0 amide bonds. The van der Waals surface area contributed by atoms with Gasteiger partial charge in [-0.05, 0) is 36.3 Å². The van der Waals surface area contributed by atoms with Crippen LogP contribution in [0.4, 0.5) is 0 Å². The molecule has 0 heterocycles. The first-order valence-electron chi connectivity index (χ1n) is 5.02. The van der Waals surface area contributed by atoms with Crippen molar-refractivity contribution < 1.29 is 9.90 Å². The summed E-state index contributed by atoms with van der Waals surface area (Å²) in [7, 11) is 0. The lowest BCUT2D eigenvalue weighted by Crippen LogP contribution is -2.06. The van der Waals surface area contributed by atoms with Crippen molar-refractivity contribution in [1.82, 2.24) is 0 Å². The Morgan fingerprint density at radius 2 is 2.07 bits per heavy atom. The number of carboxylic acid groups (broad SMARTS) is 1. The van der Waals surface area contributed by atoms with Crippen molar-refractivity contribution in [2.24, 2.45) is 5.92 Å². The quantitative estimate of drug-likeness (QED) is 0.795. The summed E-state index contributed by atoms with van der Waals surface area (Å²) in [5.41, 5.74) is 1.45. The monoisotopic (exact) mass is 190 g/mol. The molecule has 1 atom stereocenters. The summed E-state index contributed by atoms with van der Waals surface area (Å²) in [6, 6.07) is 7.33. The predicted molar refractivity (Wildman–Crippen MR) is 54.5 cm³/mol. The second kappa shape index (κ2) is 3.45. The minimum atomic E-state index is -0.812. The van der Waals surface area contributed by atoms with Crippen LogP contribution in [0.1, 0.15) is 41.6 Å². The van der Waals surface area contributed by atoms with E-state index in [4.69, 9.17) is 5.11 Å². The molecule has 2 nitrogen and oxygen atoms in total. The fourth-order valence-corrected chi connectivity index (χ4v) is 1.94. The minimum Gasteiger partial charge on any atom is -0.478 e. The number of hydrogen-bond donors (Lipinski definition) is 1. The zero-order valence-electron chi connectivity index (χ0n) is 8.23. The number of benzene rings is 1. The Bertz CT molecular complexity index is 353. The van der Waals surface area contributed by atoms with Gasteiger partial charge in [0.1, 0.15) is 0 Å². The van der Waals surface area contributed by atoms with Gasteiger partial charge in [-0.2, -0.15) is 0 Å². The molecule has 74 valence electrons. The van der Waals surface area contributed by atoms with Crippen LogP contribution in [0.3, 0.4) is 0 Å². The summed E-state index contributed by atoms with van der Waals surface area (Å²) < 4.78 is 0. The molecule has 0 saturated heterocycles. The third-order valence-electron chi connectivity index (χ3n) is 3.01. The summed E-state index contributed by atoms with van der Waals surface area (Å²) >= 11 is 0. The second-order valence-electron chi connectivity index (χ2n) is 4.02. The minimum absolute atomic E-state index is 0.391. The molecule has 0 spiro atoms. The van der Waals surface area contributed by atoms with Crippen LogP contribution < -0.4 is 0 Å². The van der Waals surface area contributed by atoms with Gasteiger partial charge in [0.15, 0.2) is 0 Å². The smallest absolute Gasteiger partial charge is 0.335 e. The highest BCUT2D eigenvalue weighted by atomic mass is 16.4. The Balaban J connectivity index is 2.34. The van der Waals surface area contributed by atoms with Crippen LogP contribution in [0, 0.1) is 5.92 Å². The van der Waals surface area contributed by atoms with Crippen LogP contribution in [0.15, 0.2) is 24.3 Å². The van der Waals surface area contributed by atoms with E-state index < -0.39 is 5.97 Å². The van der Waals surface area contributed by atoms with E-state index in [0.29, 0.717) is 17.4 Å². The number of rotatable bonds is 3. The maximum absolute atomic E-state index is 11.0. The van der Waals surface area contributed by atoms with Crippen molar-refractivity contribution in [2.75, 3.05) is 0 Å². The molecular formula is C12H14O2. The summed E-state index contributed by atoms with van der Waals surface area (Å²) in [6.45, 7) is 2.12. The van der Waals surface area contributed by atoms with E-state index in [2.05, 4.69) is 6.92 Å². The van der Waals surface area contributed by atoms with Gasteiger partial charge < -0.3 is 5.11 Å². The number of hydrogen-bond acceptors (Lipinski definition) is 1. The maximum atomic E-state index is 11.0. The van der Waals surface area contributed by atoms with Gasteiger partial charge in [0.25, 0.3) is 0 Å². The highest BCUT2D eigenvalue weighted by Crippen LogP contribution is 2.43. The van der Waals surface area contributed by atoms with E-state index in [0.717, 1.165) is 5.56 Å². The molecule has 1 unspecified atom stereocenters. The predicted octanol–water partition coefficient (Wildman–Crippen LogP) is 2.90. The standard InChI is InChI=1S/C12H14O2/c1-8(9-6-7-9)10-4-2-3-5-11(10)12(13)14/h2-5,8-9H,6-7H2,1H3,(H,13,14). The van der Waals surface area contributed by atoms with Gasteiger partial charge in [-0.25, -0.2) is 4.79 Å². The molecule has 14 heavy (non-hydrogen) atoms. The van der Waals surface area contributed by atoms with Crippen molar-refractivity contribution in [3.63, 3.8) is 0 Å². The van der Waals surface area contributed by atoms with Gasteiger partial charge in [-0.15, -0.1) is 0 Å². The highest BCUT2D eigenvalue weighted by Gasteiger charge is 2.30. The summed E-state index contributed by atoms with van der Waals surface area (Å²) in [4.78, 5) is 11.0. The Morgan fingerprint density at radius 3 is 2.64 bits per heavy atom. The van der Waals surface area contributed by atoms with Crippen molar-refractivity contribution in [1.29, 1.82) is 0 Å². The van der Waals surface area contributed by atoms with E-state index in [1.54, 1.807) is 12.1 Å². The molecular weight excluding hydrogens is 176 g/mol. The Labute approximate surface area is 83.6 Å². The van der Waals surface area contributed by atoms with Crippen LogP contribution in [0.5, 0.6) is 0 Å². The molecule has 1 saturated carbocycles. The third-order valence-corrected chi connectivity index (χ3v) is 3.01. The first-order valence-corrected chi connectivity index (χ1v) is 5.02. The lowest BCUT2D eigenvalue weighted by atomic mass is 9.92. The molecule has 1 aromatic rings. The molecule has 2 rings (SSSR count). The van der Waals surface area contributed by atoms with E-state index in [1.807, 2.05) is 12.1 Å². The van der Waals surface area contributed by atoms with Gasteiger partial charge in [0.2, 0.25) is 0 Å². The first kappa shape index (κ1) is 9.25. The van der Waals surface area contributed by atoms with Crippen LogP contribution in [-0.2, 0) is 0 Å². The van der Waals surface area contributed by atoms with E-state index in [1.165, 1.54) is 12.8 Å². The van der Waals surface area contributed by atoms with E-state index in [-0.39, 0.29) is 0 Å². The zero-order chi connectivity index (χ0) is 10.1. The topological polar surface area (TPSA) is 37.3 Å². The molecule has 2 heteroatoms. The first-order chi connectivity index (χ1) is 6.70. The lowest BCUT2D eigenvalue weighted by Gasteiger charge is -2.12. The van der Waals surface area contributed by atoms with Crippen molar-refractivity contribution in [2.45, 2.75) is 25.7 Å².